The second-order valence-corrected chi connectivity index (χ2v) is 8.15. The lowest BCUT2D eigenvalue weighted by molar-refractivity contribution is -0.120. The Balaban J connectivity index is 1.53. The number of halogens is 2. The van der Waals surface area contributed by atoms with Gasteiger partial charge in [-0.1, -0.05) is 23.2 Å². The Hall–Kier alpha value is -3.40. The molecule has 8 nitrogen and oxygen atoms in total. The van der Waals surface area contributed by atoms with Crippen LogP contribution in [-0.2, 0) is 9.59 Å². The first kappa shape index (κ1) is 21.8. The molecule has 3 amide bonds. The van der Waals surface area contributed by atoms with Crippen molar-refractivity contribution in [1.29, 1.82) is 0 Å². The third-order valence-corrected chi connectivity index (χ3v) is 5.75. The molecule has 3 aromatic rings. The fourth-order valence-electron chi connectivity index (χ4n) is 2.97. The van der Waals surface area contributed by atoms with Gasteiger partial charge in [0, 0.05) is 27.9 Å². The van der Waals surface area contributed by atoms with Crippen molar-refractivity contribution in [3.05, 3.63) is 75.4 Å². The third kappa shape index (κ3) is 4.18. The van der Waals surface area contributed by atoms with Gasteiger partial charge in [0.25, 0.3) is 17.7 Å². The molecule has 0 radical (unpaired) electrons. The van der Waals surface area contributed by atoms with Crippen LogP contribution in [0.1, 0.15) is 10.4 Å². The van der Waals surface area contributed by atoms with Crippen molar-refractivity contribution in [3.8, 4) is 5.75 Å². The Morgan fingerprint density at radius 1 is 1.09 bits per heavy atom. The van der Waals surface area contributed by atoms with Crippen molar-refractivity contribution in [2.75, 3.05) is 22.6 Å². The summed E-state index contributed by atoms with van der Waals surface area (Å²) < 4.78 is 5.24. The van der Waals surface area contributed by atoms with Crippen LogP contribution < -0.4 is 20.3 Å². The van der Waals surface area contributed by atoms with E-state index < -0.39 is 11.8 Å². The number of anilines is 3. The average molecular weight is 489 g/mol. The van der Waals surface area contributed by atoms with E-state index in [2.05, 4.69) is 15.6 Å². The maximum atomic E-state index is 13.0. The number of rotatable bonds is 6. The predicted molar refractivity (Wildman–Crippen MR) is 124 cm³/mol. The molecule has 0 atom stereocenters. The summed E-state index contributed by atoms with van der Waals surface area (Å²) in [5, 5.41) is 7.82. The molecule has 1 aliphatic rings. The minimum Gasteiger partial charge on any atom is -0.495 e. The van der Waals surface area contributed by atoms with Crippen LogP contribution in [0.4, 0.5) is 16.5 Å². The van der Waals surface area contributed by atoms with Crippen LogP contribution in [0.25, 0.3) is 0 Å². The fraction of sp³-hybridized carbons (Fsp3) is 0.0476. The van der Waals surface area contributed by atoms with Gasteiger partial charge in [0.2, 0.25) is 0 Å². The van der Waals surface area contributed by atoms with Crippen molar-refractivity contribution in [2.45, 2.75) is 0 Å². The minimum absolute atomic E-state index is 0.0984. The van der Waals surface area contributed by atoms with Crippen LogP contribution in [-0.4, -0.2) is 29.8 Å². The van der Waals surface area contributed by atoms with E-state index in [1.165, 1.54) is 24.5 Å². The van der Waals surface area contributed by atoms with Gasteiger partial charge < -0.3 is 10.1 Å². The molecule has 0 saturated carbocycles. The van der Waals surface area contributed by atoms with Gasteiger partial charge in [-0.3, -0.25) is 19.7 Å². The van der Waals surface area contributed by atoms with Crippen LogP contribution >= 0.6 is 34.5 Å². The van der Waals surface area contributed by atoms with E-state index in [-0.39, 0.29) is 28.1 Å². The maximum absolute atomic E-state index is 13.0. The highest BCUT2D eigenvalue weighted by Gasteiger charge is 2.40. The van der Waals surface area contributed by atoms with Crippen molar-refractivity contribution in [1.82, 2.24) is 4.98 Å². The molecule has 4 rings (SSSR count). The number of amides is 3. The largest absolute Gasteiger partial charge is 0.495 e. The molecule has 0 saturated heterocycles. The van der Waals surface area contributed by atoms with Gasteiger partial charge in [-0.25, -0.2) is 9.88 Å². The molecular weight excluding hydrogens is 475 g/mol. The van der Waals surface area contributed by atoms with E-state index in [1.807, 2.05) is 0 Å². The quantitative estimate of drug-likeness (QED) is 0.495. The molecule has 0 aliphatic carbocycles. The van der Waals surface area contributed by atoms with Gasteiger partial charge in [0.05, 0.1) is 12.8 Å². The standard InChI is InChI=1S/C21H14Cl2N4O4S/c1-31-15-7-4-12(22)10-14(15)27-19(29)16(23)17(20(27)30)25-13-5-2-11(3-6-13)18(28)26-21-24-8-9-32-21/h2-10,25H,1H3,(H,24,26,28). The number of carbonyl (C=O) groups is 3. The van der Waals surface area contributed by atoms with Gasteiger partial charge in [-0.15, -0.1) is 11.3 Å². The van der Waals surface area contributed by atoms with Crippen molar-refractivity contribution < 1.29 is 19.1 Å². The molecule has 0 spiro atoms. The van der Waals surface area contributed by atoms with E-state index >= 15 is 0 Å². The molecule has 11 heteroatoms. The number of thiazole rings is 1. The van der Waals surface area contributed by atoms with E-state index in [9.17, 15) is 14.4 Å². The molecule has 0 unspecified atom stereocenters. The number of carbonyl (C=O) groups excluding carboxylic acids is 3. The Labute approximate surface area is 196 Å². The molecule has 2 N–H and O–H groups in total. The van der Waals surface area contributed by atoms with Gasteiger partial charge in [0.15, 0.2) is 5.13 Å². The summed E-state index contributed by atoms with van der Waals surface area (Å²) in [5.41, 5.74) is 0.938. The Bertz CT molecular complexity index is 1240. The van der Waals surface area contributed by atoms with Gasteiger partial charge in [-0.05, 0) is 42.5 Å². The normalized spacial score (nSPS) is 13.5. The number of hydrogen-bond acceptors (Lipinski definition) is 7. The van der Waals surface area contributed by atoms with E-state index in [4.69, 9.17) is 27.9 Å². The first-order valence-corrected chi connectivity index (χ1v) is 10.7. The first-order valence-electron chi connectivity index (χ1n) is 9.09. The second kappa shape index (κ2) is 8.99. The van der Waals surface area contributed by atoms with Crippen molar-refractivity contribution in [2.24, 2.45) is 0 Å². The van der Waals surface area contributed by atoms with Crippen molar-refractivity contribution >= 4 is 68.8 Å². The van der Waals surface area contributed by atoms with Gasteiger partial charge >= 0.3 is 0 Å². The lowest BCUT2D eigenvalue weighted by Gasteiger charge is -2.18. The monoisotopic (exact) mass is 488 g/mol. The SMILES string of the molecule is COc1ccc(Cl)cc1N1C(=O)C(Cl)=C(Nc2ccc(C(=O)Nc3nccs3)cc2)C1=O. The summed E-state index contributed by atoms with van der Waals surface area (Å²) in [4.78, 5) is 42.9. The number of nitrogens with zero attached hydrogens (tertiary/aromatic N) is 2. The molecule has 0 fully saturated rings. The van der Waals surface area contributed by atoms with Gasteiger partial charge in [-0.2, -0.15) is 0 Å². The van der Waals surface area contributed by atoms with Gasteiger partial charge in [0.1, 0.15) is 16.5 Å². The number of nitrogens with one attached hydrogen (secondary N) is 2. The van der Waals surface area contributed by atoms with Crippen LogP contribution in [0.5, 0.6) is 5.75 Å². The van der Waals surface area contributed by atoms with Crippen molar-refractivity contribution in [3.63, 3.8) is 0 Å². The molecule has 2 heterocycles. The highest BCUT2D eigenvalue weighted by Crippen LogP contribution is 2.37. The molecule has 2 aromatic carbocycles. The maximum Gasteiger partial charge on any atom is 0.283 e. The minimum atomic E-state index is -0.709. The van der Waals surface area contributed by atoms with Crippen LogP contribution in [0.3, 0.4) is 0 Å². The zero-order chi connectivity index (χ0) is 22.8. The van der Waals surface area contributed by atoms with E-state index in [1.54, 1.807) is 48.0 Å². The Morgan fingerprint density at radius 2 is 1.84 bits per heavy atom. The van der Waals surface area contributed by atoms with Crippen LogP contribution in [0.2, 0.25) is 5.02 Å². The molecule has 1 aromatic heterocycles. The topological polar surface area (TPSA) is 101 Å². The van der Waals surface area contributed by atoms with Crippen LogP contribution in [0.15, 0.2) is 64.8 Å². The second-order valence-electron chi connectivity index (χ2n) is 6.44. The fourth-order valence-corrected chi connectivity index (χ4v) is 3.87. The summed E-state index contributed by atoms with van der Waals surface area (Å²) in [5.74, 6) is -1.40. The number of ether oxygens (including phenoxy) is 1. The average Bonchev–Trinajstić information content (AvgIpc) is 3.37. The third-order valence-electron chi connectivity index (χ3n) is 4.48. The smallest absolute Gasteiger partial charge is 0.283 e. The number of imide groups is 1. The zero-order valence-electron chi connectivity index (χ0n) is 16.4. The number of methoxy groups -OCH3 is 1. The van der Waals surface area contributed by atoms with E-state index in [0.29, 0.717) is 21.4 Å². The Kier molecular flexibility index (Phi) is 6.13. The summed E-state index contributed by atoms with van der Waals surface area (Å²) in [6.07, 6.45) is 1.59. The molecular formula is C21H14Cl2N4O4S. The highest BCUT2D eigenvalue weighted by molar-refractivity contribution is 7.13. The predicted octanol–water partition coefficient (Wildman–Crippen LogP) is 4.49. The number of hydrogen-bond donors (Lipinski definition) is 2. The molecule has 162 valence electrons. The highest BCUT2D eigenvalue weighted by atomic mass is 35.5. The lowest BCUT2D eigenvalue weighted by atomic mass is 10.2. The summed E-state index contributed by atoms with van der Waals surface area (Å²) in [6.45, 7) is 0. The van der Waals surface area contributed by atoms with Crippen LogP contribution in [0, 0.1) is 0 Å². The molecule has 1 aliphatic heterocycles. The molecule has 32 heavy (non-hydrogen) atoms. The summed E-state index contributed by atoms with van der Waals surface area (Å²) in [7, 11) is 1.41. The number of aromatic nitrogens is 1. The summed E-state index contributed by atoms with van der Waals surface area (Å²) >= 11 is 13.5. The molecule has 0 bridgehead atoms. The lowest BCUT2D eigenvalue weighted by Crippen LogP contribution is -2.32. The first-order chi connectivity index (χ1) is 15.4. The number of benzene rings is 2. The van der Waals surface area contributed by atoms with E-state index in [0.717, 1.165) is 4.90 Å². The summed E-state index contributed by atoms with van der Waals surface area (Å²) in [6, 6.07) is 10.9. The zero-order valence-corrected chi connectivity index (χ0v) is 18.7. The Morgan fingerprint density at radius 3 is 2.50 bits per heavy atom.